The van der Waals surface area contributed by atoms with Crippen molar-refractivity contribution in [1.82, 2.24) is 10.2 Å². The summed E-state index contributed by atoms with van der Waals surface area (Å²) in [4.78, 5) is 2.18. The zero-order chi connectivity index (χ0) is 12.0. The fraction of sp³-hybridized carbons (Fsp3) is 0.692. The van der Waals surface area contributed by atoms with E-state index in [1.54, 1.807) is 6.26 Å². The summed E-state index contributed by atoms with van der Waals surface area (Å²) in [6, 6.07) is 4.30. The van der Waals surface area contributed by atoms with Gasteiger partial charge in [0.1, 0.15) is 5.76 Å². The molecule has 0 bridgehead atoms. The largest absolute Gasteiger partial charge is 0.468 e. The summed E-state index contributed by atoms with van der Waals surface area (Å²) < 4.78 is 5.46. The molecule has 2 unspecified atom stereocenters. The average Bonchev–Trinajstić information content (AvgIpc) is 2.76. The Kier molecular flexibility index (Phi) is 5.56. The minimum absolute atomic E-state index is 0.319. The summed E-state index contributed by atoms with van der Waals surface area (Å²) in [6.45, 7) is 6.50. The van der Waals surface area contributed by atoms with Gasteiger partial charge in [-0.3, -0.25) is 4.90 Å². The van der Waals surface area contributed by atoms with Crippen LogP contribution in [0.4, 0.5) is 0 Å². The maximum absolute atomic E-state index is 5.46. The van der Waals surface area contributed by atoms with E-state index in [2.05, 4.69) is 38.2 Å². The van der Waals surface area contributed by atoms with Gasteiger partial charge in [0.25, 0.3) is 0 Å². The van der Waals surface area contributed by atoms with E-state index < -0.39 is 0 Å². The minimum atomic E-state index is 0.319. The molecule has 0 aliphatic carbocycles. The number of rotatable bonds is 7. The van der Waals surface area contributed by atoms with Crippen LogP contribution in [0.25, 0.3) is 0 Å². The van der Waals surface area contributed by atoms with Crippen LogP contribution in [0.15, 0.2) is 22.8 Å². The quantitative estimate of drug-likeness (QED) is 0.771. The van der Waals surface area contributed by atoms with Crippen LogP contribution in [0.3, 0.4) is 0 Å². The molecule has 0 aliphatic heterocycles. The molecular weight excluding hydrogens is 200 g/mol. The van der Waals surface area contributed by atoms with Gasteiger partial charge in [-0.2, -0.15) is 0 Å². The van der Waals surface area contributed by atoms with Crippen LogP contribution in [0, 0.1) is 5.92 Å². The lowest BCUT2D eigenvalue weighted by atomic mass is 10.1. The number of likely N-dealkylation sites (N-methyl/N-ethyl adjacent to an activating group) is 1. The van der Waals surface area contributed by atoms with Crippen LogP contribution >= 0.6 is 0 Å². The molecule has 0 aliphatic rings. The van der Waals surface area contributed by atoms with Gasteiger partial charge < -0.3 is 9.73 Å². The van der Waals surface area contributed by atoms with Crippen molar-refractivity contribution in [2.24, 2.45) is 5.92 Å². The lowest BCUT2D eigenvalue weighted by molar-refractivity contribution is 0.247. The summed E-state index contributed by atoms with van der Waals surface area (Å²) >= 11 is 0. The standard InChI is InChI=1S/C13H24N2O/c1-5-11(2)9-14-10-12(15(3)4)13-7-6-8-16-13/h6-8,11-12,14H,5,9-10H2,1-4H3. The Bertz CT molecular complexity index is 269. The number of furan rings is 1. The average molecular weight is 224 g/mol. The van der Waals surface area contributed by atoms with E-state index >= 15 is 0 Å². The third-order valence-electron chi connectivity index (χ3n) is 3.02. The SMILES string of the molecule is CCC(C)CNCC(c1ccco1)N(C)C. The number of nitrogens with one attached hydrogen (secondary N) is 1. The predicted octanol–water partition coefficient (Wildman–Crippen LogP) is 2.52. The zero-order valence-electron chi connectivity index (χ0n) is 10.9. The summed E-state index contributed by atoms with van der Waals surface area (Å²) in [7, 11) is 4.16. The Hall–Kier alpha value is -0.800. The Morgan fingerprint density at radius 1 is 1.38 bits per heavy atom. The molecule has 1 rings (SSSR count). The third-order valence-corrected chi connectivity index (χ3v) is 3.02. The molecule has 1 aromatic rings. The van der Waals surface area contributed by atoms with E-state index in [4.69, 9.17) is 4.42 Å². The van der Waals surface area contributed by atoms with E-state index in [0.29, 0.717) is 6.04 Å². The monoisotopic (exact) mass is 224 g/mol. The van der Waals surface area contributed by atoms with E-state index in [1.165, 1.54) is 6.42 Å². The fourth-order valence-corrected chi connectivity index (χ4v) is 1.63. The topological polar surface area (TPSA) is 28.4 Å². The smallest absolute Gasteiger partial charge is 0.122 e. The Morgan fingerprint density at radius 2 is 2.12 bits per heavy atom. The van der Waals surface area contributed by atoms with Gasteiger partial charge in [0.15, 0.2) is 0 Å². The summed E-state index contributed by atoms with van der Waals surface area (Å²) in [5, 5.41) is 3.50. The molecule has 16 heavy (non-hydrogen) atoms. The lowest BCUT2D eigenvalue weighted by Crippen LogP contribution is -2.32. The van der Waals surface area contributed by atoms with Gasteiger partial charge in [-0.1, -0.05) is 20.3 Å². The van der Waals surface area contributed by atoms with Gasteiger partial charge in [0.2, 0.25) is 0 Å². The van der Waals surface area contributed by atoms with Gasteiger partial charge >= 0.3 is 0 Å². The molecule has 2 atom stereocenters. The second kappa shape index (κ2) is 6.71. The molecule has 0 radical (unpaired) electrons. The molecule has 1 aromatic heterocycles. The molecule has 1 N–H and O–H groups in total. The first-order chi connectivity index (χ1) is 7.65. The van der Waals surface area contributed by atoms with Crippen LogP contribution in [0.5, 0.6) is 0 Å². The summed E-state index contributed by atoms with van der Waals surface area (Å²) in [5.74, 6) is 1.76. The summed E-state index contributed by atoms with van der Waals surface area (Å²) in [5.41, 5.74) is 0. The highest BCUT2D eigenvalue weighted by Gasteiger charge is 2.16. The van der Waals surface area contributed by atoms with Crippen LogP contribution < -0.4 is 5.32 Å². The van der Waals surface area contributed by atoms with Crippen LogP contribution in [0.1, 0.15) is 32.1 Å². The van der Waals surface area contributed by atoms with Crippen LogP contribution in [-0.2, 0) is 0 Å². The highest BCUT2D eigenvalue weighted by atomic mass is 16.3. The Morgan fingerprint density at radius 3 is 2.62 bits per heavy atom. The van der Waals surface area contributed by atoms with Crippen molar-refractivity contribution in [3.8, 4) is 0 Å². The second-order valence-electron chi connectivity index (χ2n) is 4.67. The van der Waals surface area contributed by atoms with Gasteiger partial charge in [-0.05, 0) is 38.7 Å². The fourth-order valence-electron chi connectivity index (χ4n) is 1.63. The predicted molar refractivity (Wildman–Crippen MR) is 67.5 cm³/mol. The molecule has 0 fully saturated rings. The van der Waals surface area contributed by atoms with Gasteiger partial charge in [-0.15, -0.1) is 0 Å². The van der Waals surface area contributed by atoms with E-state index in [-0.39, 0.29) is 0 Å². The molecule has 3 nitrogen and oxygen atoms in total. The number of nitrogens with zero attached hydrogens (tertiary/aromatic N) is 1. The number of hydrogen-bond donors (Lipinski definition) is 1. The van der Waals surface area contributed by atoms with Crippen LogP contribution in [-0.4, -0.2) is 32.1 Å². The molecule has 0 saturated carbocycles. The van der Waals surface area contributed by atoms with Crippen molar-refractivity contribution in [2.45, 2.75) is 26.3 Å². The van der Waals surface area contributed by atoms with Crippen LogP contribution in [0.2, 0.25) is 0 Å². The highest BCUT2D eigenvalue weighted by Crippen LogP contribution is 2.17. The first-order valence-corrected chi connectivity index (χ1v) is 6.05. The molecule has 0 aromatic carbocycles. The minimum Gasteiger partial charge on any atom is -0.468 e. The van der Waals surface area contributed by atoms with E-state index in [0.717, 1.165) is 24.8 Å². The van der Waals surface area contributed by atoms with Crippen molar-refractivity contribution in [1.29, 1.82) is 0 Å². The van der Waals surface area contributed by atoms with Crippen molar-refractivity contribution >= 4 is 0 Å². The van der Waals surface area contributed by atoms with Gasteiger partial charge in [-0.25, -0.2) is 0 Å². The van der Waals surface area contributed by atoms with Gasteiger partial charge in [0, 0.05) is 6.54 Å². The first kappa shape index (κ1) is 13.3. The molecule has 92 valence electrons. The molecular formula is C13H24N2O. The molecule has 0 saturated heterocycles. The highest BCUT2D eigenvalue weighted by molar-refractivity contribution is 5.04. The molecule has 0 amide bonds. The normalized spacial score (nSPS) is 15.3. The zero-order valence-corrected chi connectivity index (χ0v) is 10.9. The number of hydrogen-bond acceptors (Lipinski definition) is 3. The maximum atomic E-state index is 5.46. The van der Waals surface area contributed by atoms with E-state index in [1.807, 2.05) is 12.1 Å². The third kappa shape index (κ3) is 3.99. The molecule has 1 heterocycles. The Labute approximate surface area is 98.8 Å². The van der Waals surface area contributed by atoms with Crippen molar-refractivity contribution in [3.63, 3.8) is 0 Å². The summed E-state index contributed by atoms with van der Waals surface area (Å²) in [6.07, 6.45) is 2.96. The van der Waals surface area contributed by atoms with Crippen molar-refractivity contribution in [3.05, 3.63) is 24.2 Å². The van der Waals surface area contributed by atoms with Crippen molar-refractivity contribution in [2.75, 3.05) is 27.2 Å². The molecule has 0 spiro atoms. The maximum Gasteiger partial charge on any atom is 0.122 e. The van der Waals surface area contributed by atoms with Gasteiger partial charge in [0.05, 0.1) is 12.3 Å². The van der Waals surface area contributed by atoms with Crippen molar-refractivity contribution < 1.29 is 4.42 Å². The second-order valence-corrected chi connectivity index (χ2v) is 4.67. The Balaban J connectivity index is 2.41. The lowest BCUT2D eigenvalue weighted by Gasteiger charge is -2.23. The molecule has 3 heteroatoms. The van der Waals surface area contributed by atoms with E-state index in [9.17, 15) is 0 Å². The first-order valence-electron chi connectivity index (χ1n) is 6.05.